The predicted octanol–water partition coefficient (Wildman–Crippen LogP) is 3.40. The number of nitrogens with one attached hydrogen (secondary N) is 1. The molecule has 0 heterocycles. The minimum Gasteiger partial charge on any atom is -0.478 e. The Bertz CT molecular complexity index is 559. The Hall–Kier alpha value is -2.55. The summed E-state index contributed by atoms with van der Waals surface area (Å²) < 4.78 is 0. The fourth-order valence-corrected chi connectivity index (χ4v) is 1.68. The molecular weight excluding hydrogens is 238 g/mol. The van der Waals surface area contributed by atoms with Crippen molar-refractivity contribution in [1.29, 1.82) is 0 Å². The number of hydrogen-bond acceptors (Lipinski definition) is 2. The van der Waals surface area contributed by atoms with E-state index in [4.69, 9.17) is 5.11 Å². The van der Waals surface area contributed by atoms with Crippen LogP contribution in [0.25, 0.3) is 6.08 Å². The molecule has 0 bridgehead atoms. The van der Waals surface area contributed by atoms with E-state index in [0.29, 0.717) is 0 Å². The molecule has 0 spiro atoms. The molecule has 0 aromatic heterocycles. The molecule has 3 nitrogen and oxygen atoms in total. The Morgan fingerprint density at radius 1 is 1.05 bits per heavy atom. The summed E-state index contributed by atoms with van der Waals surface area (Å²) in [5, 5.41) is 11.9. The van der Waals surface area contributed by atoms with Crippen LogP contribution in [0, 0.1) is 0 Å². The first-order valence-electron chi connectivity index (χ1n) is 6.03. The van der Waals surface area contributed by atoms with Gasteiger partial charge >= 0.3 is 5.97 Å². The average molecular weight is 253 g/mol. The standard InChI is InChI=1S/C16H15NO2/c18-16(19)11-8-13-6-9-15(10-7-13)17-12-14-4-2-1-3-5-14/h1-11,17H,12H2,(H,18,19). The van der Waals surface area contributed by atoms with Crippen LogP contribution >= 0.6 is 0 Å². The van der Waals surface area contributed by atoms with Crippen molar-refractivity contribution in [2.75, 3.05) is 5.32 Å². The van der Waals surface area contributed by atoms with Crippen LogP contribution in [-0.4, -0.2) is 11.1 Å². The number of hydrogen-bond donors (Lipinski definition) is 2. The van der Waals surface area contributed by atoms with Crippen LogP contribution in [0.5, 0.6) is 0 Å². The summed E-state index contributed by atoms with van der Waals surface area (Å²) >= 11 is 0. The van der Waals surface area contributed by atoms with Gasteiger partial charge in [-0.1, -0.05) is 42.5 Å². The van der Waals surface area contributed by atoms with Crippen molar-refractivity contribution in [1.82, 2.24) is 0 Å². The van der Waals surface area contributed by atoms with Gasteiger partial charge in [0.05, 0.1) is 0 Å². The number of anilines is 1. The summed E-state index contributed by atoms with van der Waals surface area (Å²) in [7, 11) is 0. The topological polar surface area (TPSA) is 49.3 Å². The van der Waals surface area contributed by atoms with Crippen LogP contribution < -0.4 is 5.32 Å². The van der Waals surface area contributed by atoms with Gasteiger partial charge in [0.25, 0.3) is 0 Å². The number of aliphatic carboxylic acids is 1. The molecule has 0 fully saturated rings. The molecule has 19 heavy (non-hydrogen) atoms. The lowest BCUT2D eigenvalue weighted by molar-refractivity contribution is -0.131. The van der Waals surface area contributed by atoms with Crippen LogP contribution in [0.2, 0.25) is 0 Å². The van der Waals surface area contributed by atoms with Gasteiger partial charge in [0.2, 0.25) is 0 Å². The van der Waals surface area contributed by atoms with Crippen LogP contribution in [0.4, 0.5) is 5.69 Å². The minimum absolute atomic E-state index is 0.769. The normalized spacial score (nSPS) is 10.5. The summed E-state index contributed by atoms with van der Waals surface area (Å²) in [5.74, 6) is -0.939. The van der Waals surface area contributed by atoms with Gasteiger partial charge in [-0.05, 0) is 29.3 Å². The van der Waals surface area contributed by atoms with Crippen molar-refractivity contribution in [3.8, 4) is 0 Å². The Morgan fingerprint density at radius 3 is 2.37 bits per heavy atom. The van der Waals surface area contributed by atoms with E-state index in [0.717, 1.165) is 23.9 Å². The van der Waals surface area contributed by atoms with Crippen molar-refractivity contribution in [3.05, 3.63) is 71.8 Å². The zero-order valence-corrected chi connectivity index (χ0v) is 10.4. The lowest BCUT2D eigenvalue weighted by atomic mass is 10.2. The molecule has 0 atom stereocenters. The van der Waals surface area contributed by atoms with Gasteiger partial charge in [0, 0.05) is 18.3 Å². The minimum atomic E-state index is -0.939. The molecule has 2 aromatic carbocycles. The second kappa shape index (κ2) is 6.40. The third-order valence-corrected chi connectivity index (χ3v) is 2.67. The van der Waals surface area contributed by atoms with E-state index in [2.05, 4.69) is 17.4 Å². The lowest BCUT2D eigenvalue weighted by Gasteiger charge is -2.06. The van der Waals surface area contributed by atoms with Crippen LogP contribution in [0.1, 0.15) is 11.1 Å². The Kier molecular flexibility index (Phi) is 4.34. The molecule has 0 amide bonds. The zero-order valence-electron chi connectivity index (χ0n) is 10.4. The second-order valence-corrected chi connectivity index (χ2v) is 4.13. The van der Waals surface area contributed by atoms with Gasteiger partial charge in [-0.15, -0.1) is 0 Å². The van der Waals surface area contributed by atoms with Crippen molar-refractivity contribution in [2.45, 2.75) is 6.54 Å². The largest absolute Gasteiger partial charge is 0.478 e. The van der Waals surface area contributed by atoms with E-state index >= 15 is 0 Å². The van der Waals surface area contributed by atoms with Gasteiger partial charge in [-0.2, -0.15) is 0 Å². The molecule has 2 aromatic rings. The third kappa shape index (κ3) is 4.32. The monoisotopic (exact) mass is 253 g/mol. The summed E-state index contributed by atoms with van der Waals surface area (Å²) in [6, 6.07) is 17.8. The summed E-state index contributed by atoms with van der Waals surface area (Å²) in [4.78, 5) is 10.4. The first kappa shape index (κ1) is 12.9. The van der Waals surface area contributed by atoms with E-state index in [1.165, 1.54) is 5.56 Å². The number of rotatable bonds is 5. The van der Waals surface area contributed by atoms with Crippen molar-refractivity contribution >= 4 is 17.7 Å². The van der Waals surface area contributed by atoms with Crippen molar-refractivity contribution in [3.63, 3.8) is 0 Å². The van der Waals surface area contributed by atoms with Gasteiger partial charge in [-0.25, -0.2) is 4.79 Å². The zero-order chi connectivity index (χ0) is 13.5. The number of benzene rings is 2. The van der Waals surface area contributed by atoms with Gasteiger partial charge < -0.3 is 10.4 Å². The molecule has 2 rings (SSSR count). The van der Waals surface area contributed by atoms with E-state index in [1.54, 1.807) is 6.08 Å². The molecule has 0 unspecified atom stereocenters. The number of carboxylic acid groups (broad SMARTS) is 1. The fraction of sp³-hybridized carbons (Fsp3) is 0.0625. The van der Waals surface area contributed by atoms with E-state index in [1.807, 2.05) is 42.5 Å². The summed E-state index contributed by atoms with van der Waals surface area (Å²) in [6.07, 6.45) is 2.70. The Labute approximate surface area is 112 Å². The van der Waals surface area contributed by atoms with Crippen molar-refractivity contribution in [2.24, 2.45) is 0 Å². The lowest BCUT2D eigenvalue weighted by Crippen LogP contribution is -1.98. The first-order chi connectivity index (χ1) is 9.24. The van der Waals surface area contributed by atoms with Gasteiger partial charge in [-0.3, -0.25) is 0 Å². The molecule has 0 saturated heterocycles. The SMILES string of the molecule is O=C(O)C=Cc1ccc(NCc2ccccc2)cc1. The van der Waals surface area contributed by atoms with Gasteiger partial charge in [0.15, 0.2) is 0 Å². The molecule has 96 valence electrons. The predicted molar refractivity (Wildman–Crippen MR) is 76.9 cm³/mol. The molecule has 0 aliphatic carbocycles. The Morgan fingerprint density at radius 2 is 1.74 bits per heavy atom. The quantitative estimate of drug-likeness (QED) is 0.803. The van der Waals surface area contributed by atoms with E-state index < -0.39 is 5.97 Å². The van der Waals surface area contributed by atoms with Crippen LogP contribution in [-0.2, 0) is 11.3 Å². The molecule has 0 aliphatic rings. The molecule has 0 saturated carbocycles. The third-order valence-electron chi connectivity index (χ3n) is 2.67. The van der Waals surface area contributed by atoms with Crippen LogP contribution in [0.3, 0.4) is 0 Å². The highest BCUT2D eigenvalue weighted by atomic mass is 16.4. The highest BCUT2D eigenvalue weighted by Gasteiger charge is 1.94. The van der Waals surface area contributed by atoms with Gasteiger partial charge in [0.1, 0.15) is 0 Å². The maximum Gasteiger partial charge on any atom is 0.328 e. The highest BCUT2D eigenvalue weighted by molar-refractivity contribution is 5.85. The first-order valence-corrected chi connectivity index (χ1v) is 6.03. The molecular formula is C16H15NO2. The Balaban J connectivity index is 1.94. The van der Waals surface area contributed by atoms with Crippen molar-refractivity contribution < 1.29 is 9.90 Å². The average Bonchev–Trinajstić information content (AvgIpc) is 2.45. The second-order valence-electron chi connectivity index (χ2n) is 4.13. The highest BCUT2D eigenvalue weighted by Crippen LogP contribution is 2.12. The van der Waals surface area contributed by atoms with Crippen LogP contribution in [0.15, 0.2) is 60.7 Å². The van der Waals surface area contributed by atoms with E-state index in [-0.39, 0.29) is 0 Å². The summed E-state index contributed by atoms with van der Waals surface area (Å²) in [6.45, 7) is 0.769. The number of carbonyl (C=O) groups is 1. The smallest absolute Gasteiger partial charge is 0.328 e. The maximum absolute atomic E-state index is 10.4. The molecule has 0 aliphatic heterocycles. The molecule has 2 N–H and O–H groups in total. The molecule has 3 heteroatoms. The maximum atomic E-state index is 10.4. The number of carboxylic acids is 1. The van der Waals surface area contributed by atoms with E-state index in [9.17, 15) is 4.79 Å². The molecule has 0 radical (unpaired) electrons. The fourth-order valence-electron chi connectivity index (χ4n) is 1.68. The summed E-state index contributed by atoms with van der Waals surface area (Å²) in [5.41, 5.74) is 3.10.